The highest BCUT2D eigenvalue weighted by Crippen LogP contribution is 2.26. The summed E-state index contributed by atoms with van der Waals surface area (Å²) in [6, 6.07) is 2.76. The van der Waals surface area contributed by atoms with Crippen LogP contribution in [0, 0.1) is 26.5 Å². The quantitative estimate of drug-likeness (QED) is 0.894. The standard InChI is InChI=1S/C19H25ClN4O/c1-12-8-13(2)24(23-12)11-15-4-6-17(7-5-15)22-19(25)18-9-16(20)10-21-14(18)3/h8-10,15,17H,4-7,11H2,1-3H3,(H,22,25)/t15-,17-/i1D3,2D3. The Morgan fingerprint density at radius 2 is 2.16 bits per heavy atom. The SMILES string of the molecule is [2H]C([2H])([2H])c1cc(C([2H])([2H])[2H])n(C[C@H]2CC[C@H](NC(=O)c3cc(Cl)cnc3C)CC2)n1. The van der Waals surface area contributed by atoms with Crippen molar-refractivity contribution in [2.24, 2.45) is 5.92 Å². The number of nitrogens with zero attached hydrogens (tertiary/aromatic N) is 3. The molecule has 0 aromatic carbocycles. The van der Waals surface area contributed by atoms with Crippen molar-refractivity contribution in [2.75, 3.05) is 0 Å². The summed E-state index contributed by atoms with van der Waals surface area (Å²) in [6.45, 7) is -2.81. The number of amides is 1. The van der Waals surface area contributed by atoms with E-state index >= 15 is 0 Å². The Labute approximate surface area is 162 Å². The number of nitrogens with one attached hydrogen (secondary N) is 1. The molecule has 1 aliphatic carbocycles. The summed E-state index contributed by atoms with van der Waals surface area (Å²) in [5, 5.41) is 7.50. The van der Waals surface area contributed by atoms with Crippen molar-refractivity contribution < 1.29 is 13.0 Å². The van der Waals surface area contributed by atoms with E-state index in [1.807, 2.05) is 0 Å². The number of hydrogen-bond acceptors (Lipinski definition) is 3. The maximum absolute atomic E-state index is 12.6. The largest absolute Gasteiger partial charge is 0.349 e. The molecule has 0 radical (unpaired) electrons. The van der Waals surface area contributed by atoms with Crippen molar-refractivity contribution in [1.29, 1.82) is 0 Å². The number of rotatable bonds is 4. The average Bonchev–Trinajstić information content (AvgIpc) is 3.10. The van der Waals surface area contributed by atoms with Crippen molar-refractivity contribution in [3.63, 3.8) is 0 Å². The maximum Gasteiger partial charge on any atom is 0.253 e. The molecule has 25 heavy (non-hydrogen) atoms. The maximum atomic E-state index is 12.6. The highest BCUT2D eigenvalue weighted by atomic mass is 35.5. The summed E-state index contributed by atoms with van der Waals surface area (Å²) in [4.78, 5) is 16.7. The highest BCUT2D eigenvalue weighted by Gasteiger charge is 2.24. The van der Waals surface area contributed by atoms with E-state index in [4.69, 9.17) is 19.8 Å². The van der Waals surface area contributed by atoms with Crippen molar-refractivity contribution >= 4 is 17.5 Å². The van der Waals surface area contributed by atoms with Crippen LogP contribution >= 0.6 is 11.6 Å². The van der Waals surface area contributed by atoms with Gasteiger partial charge in [-0.15, -0.1) is 0 Å². The first-order valence-corrected chi connectivity index (χ1v) is 8.74. The molecule has 0 aliphatic heterocycles. The van der Waals surface area contributed by atoms with Crippen molar-refractivity contribution in [3.8, 4) is 0 Å². The molecule has 0 bridgehead atoms. The van der Waals surface area contributed by atoms with Gasteiger partial charge in [0.15, 0.2) is 0 Å². The van der Waals surface area contributed by atoms with Gasteiger partial charge in [0.25, 0.3) is 5.91 Å². The van der Waals surface area contributed by atoms with E-state index in [0.29, 0.717) is 22.8 Å². The summed E-state index contributed by atoms with van der Waals surface area (Å²) >= 11 is 5.95. The number of halogens is 1. The van der Waals surface area contributed by atoms with Crippen LogP contribution in [-0.2, 0) is 6.54 Å². The van der Waals surface area contributed by atoms with E-state index in [1.54, 1.807) is 13.0 Å². The third kappa shape index (κ3) is 4.40. The van der Waals surface area contributed by atoms with Crippen molar-refractivity contribution in [3.05, 3.63) is 46.0 Å². The molecule has 0 spiro atoms. The van der Waals surface area contributed by atoms with E-state index in [2.05, 4.69) is 15.4 Å². The molecule has 1 saturated carbocycles. The van der Waals surface area contributed by atoms with Gasteiger partial charge in [0.05, 0.1) is 22.0 Å². The van der Waals surface area contributed by atoms with Crippen molar-refractivity contribution in [1.82, 2.24) is 20.1 Å². The molecular weight excluding hydrogens is 336 g/mol. The molecule has 5 nitrogen and oxygen atoms in total. The van der Waals surface area contributed by atoms with E-state index in [0.717, 1.165) is 31.7 Å². The van der Waals surface area contributed by atoms with Crippen LogP contribution in [0.25, 0.3) is 0 Å². The number of hydrogen-bond donors (Lipinski definition) is 1. The molecule has 1 amide bonds. The van der Waals surface area contributed by atoms with Gasteiger partial charge in [-0.1, -0.05) is 11.6 Å². The second kappa shape index (κ2) is 7.56. The fourth-order valence-electron chi connectivity index (χ4n) is 3.29. The highest BCUT2D eigenvalue weighted by molar-refractivity contribution is 6.30. The molecule has 0 atom stereocenters. The monoisotopic (exact) mass is 366 g/mol. The Morgan fingerprint density at radius 1 is 1.36 bits per heavy atom. The molecule has 0 saturated heterocycles. The van der Waals surface area contributed by atoms with Gasteiger partial charge in [-0.3, -0.25) is 14.5 Å². The molecule has 1 aliphatic rings. The molecule has 2 aromatic rings. The fourth-order valence-corrected chi connectivity index (χ4v) is 3.45. The van der Waals surface area contributed by atoms with Gasteiger partial charge in [-0.2, -0.15) is 5.10 Å². The molecule has 1 N–H and O–H groups in total. The molecule has 0 unspecified atom stereocenters. The van der Waals surface area contributed by atoms with E-state index in [9.17, 15) is 4.79 Å². The molecular formula is C19H25ClN4O. The van der Waals surface area contributed by atoms with E-state index in [1.165, 1.54) is 10.9 Å². The van der Waals surface area contributed by atoms with Crippen LogP contribution in [0.4, 0.5) is 0 Å². The van der Waals surface area contributed by atoms with Gasteiger partial charge >= 0.3 is 0 Å². The van der Waals surface area contributed by atoms with Crippen LogP contribution in [0.1, 0.15) is 61.3 Å². The lowest BCUT2D eigenvalue weighted by Gasteiger charge is -2.29. The minimum atomic E-state index is -2.46. The average molecular weight is 367 g/mol. The summed E-state index contributed by atoms with van der Waals surface area (Å²) in [5.41, 5.74) is 0.797. The molecule has 2 heterocycles. The zero-order chi connectivity index (χ0) is 23.0. The summed E-state index contributed by atoms with van der Waals surface area (Å²) < 4.78 is 47.0. The normalized spacial score (nSPS) is 25.0. The van der Waals surface area contributed by atoms with E-state index in [-0.39, 0.29) is 29.3 Å². The second-order valence-corrected chi connectivity index (χ2v) is 7.01. The van der Waals surface area contributed by atoms with Crippen LogP contribution in [0.2, 0.25) is 5.02 Å². The van der Waals surface area contributed by atoms with Crippen LogP contribution in [-0.4, -0.2) is 26.7 Å². The van der Waals surface area contributed by atoms with Gasteiger partial charge in [0, 0.05) is 32.7 Å². The predicted octanol–water partition coefficient (Wildman–Crippen LogP) is 3.85. The number of pyridine rings is 1. The van der Waals surface area contributed by atoms with Gasteiger partial charge in [-0.25, -0.2) is 0 Å². The van der Waals surface area contributed by atoms with E-state index < -0.39 is 13.7 Å². The van der Waals surface area contributed by atoms with Gasteiger partial charge in [-0.05, 0) is 64.4 Å². The first-order valence-electron chi connectivity index (χ1n) is 11.4. The number of carbonyl (C=O) groups is 1. The van der Waals surface area contributed by atoms with Crippen LogP contribution in [0.5, 0.6) is 0 Å². The Morgan fingerprint density at radius 3 is 2.88 bits per heavy atom. The van der Waals surface area contributed by atoms with Crippen molar-refractivity contribution in [2.45, 2.75) is 58.9 Å². The summed E-state index contributed by atoms with van der Waals surface area (Å²) in [7, 11) is 0. The Bertz CT molecular complexity index is 948. The lowest BCUT2D eigenvalue weighted by atomic mass is 9.86. The van der Waals surface area contributed by atoms with Crippen LogP contribution < -0.4 is 5.32 Å². The lowest BCUT2D eigenvalue weighted by molar-refractivity contribution is 0.0919. The second-order valence-electron chi connectivity index (χ2n) is 6.57. The molecule has 3 rings (SSSR count). The number of carbonyl (C=O) groups excluding carboxylic acids is 1. The third-order valence-electron chi connectivity index (χ3n) is 4.69. The molecule has 6 heteroatoms. The zero-order valence-corrected chi connectivity index (χ0v) is 14.8. The Hall–Kier alpha value is -1.88. The zero-order valence-electron chi connectivity index (χ0n) is 20.1. The van der Waals surface area contributed by atoms with Crippen LogP contribution in [0.3, 0.4) is 0 Å². The number of aryl methyl sites for hydroxylation is 3. The molecule has 1 fully saturated rings. The van der Waals surface area contributed by atoms with Gasteiger partial charge < -0.3 is 5.32 Å². The minimum absolute atomic E-state index is 0.000208. The predicted molar refractivity (Wildman–Crippen MR) is 98.9 cm³/mol. The first kappa shape index (κ1) is 11.7. The van der Waals surface area contributed by atoms with Gasteiger partial charge in [0.2, 0.25) is 0 Å². The lowest BCUT2D eigenvalue weighted by Crippen LogP contribution is -2.38. The third-order valence-corrected chi connectivity index (χ3v) is 4.90. The first-order chi connectivity index (χ1) is 14.3. The number of aromatic nitrogens is 3. The Kier molecular flexibility index (Phi) is 3.53. The minimum Gasteiger partial charge on any atom is -0.349 e. The molecule has 2 aromatic heterocycles. The topological polar surface area (TPSA) is 59.8 Å². The smallest absolute Gasteiger partial charge is 0.253 e. The fraction of sp³-hybridized carbons (Fsp3) is 0.526. The molecule has 134 valence electrons. The Balaban J connectivity index is 1.62. The van der Waals surface area contributed by atoms with Gasteiger partial charge in [0.1, 0.15) is 0 Å². The summed E-state index contributed by atoms with van der Waals surface area (Å²) in [6.07, 6.45) is 4.50. The summed E-state index contributed by atoms with van der Waals surface area (Å²) in [5.74, 6) is -0.0665. The van der Waals surface area contributed by atoms with Crippen LogP contribution in [0.15, 0.2) is 18.3 Å².